The number of hydrogen-bond acceptors (Lipinski definition) is 3. The van der Waals surface area contributed by atoms with Gasteiger partial charge in [0.2, 0.25) is 0 Å². The molecule has 3 aromatic rings. The molecule has 4 nitrogen and oxygen atoms in total. The van der Waals surface area contributed by atoms with Crippen molar-refractivity contribution in [3.8, 4) is 17.3 Å². The van der Waals surface area contributed by atoms with Crippen molar-refractivity contribution in [2.24, 2.45) is 0 Å². The average molecular weight is 342 g/mol. The molecule has 0 unspecified atom stereocenters. The maximum Gasteiger partial charge on any atom is 0.482 e. The Bertz CT molecular complexity index is 992. The summed E-state index contributed by atoms with van der Waals surface area (Å²) in [5.41, 5.74) is 8.22. The molecule has 1 heterocycles. The van der Waals surface area contributed by atoms with Gasteiger partial charge in [-0.05, 0) is 30.3 Å². The third-order valence-corrected chi connectivity index (χ3v) is 3.77. The van der Waals surface area contributed by atoms with Gasteiger partial charge in [-0.1, -0.05) is 18.7 Å². The number of nitriles is 1. The largest absolute Gasteiger partial charge is 0.482 e. The summed E-state index contributed by atoms with van der Waals surface area (Å²) in [7, 11) is 0. The minimum atomic E-state index is -4.54. The van der Waals surface area contributed by atoms with Gasteiger partial charge in [0.25, 0.3) is 0 Å². The lowest BCUT2D eigenvalue weighted by Gasteiger charge is -2.10. The zero-order valence-electron chi connectivity index (χ0n) is 12.9. The molecule has 7 heteroatoms. The van der Waals surface area contributed by atoms with Crippen LogP contribution < -0.4 is 11.1 Å². The number of anilines is 2. The van der Waals surface area contributed by atoms with Crippen molar-refractivity contribution in [1.29, 1.82) is 5.26 Å². The number of nitrogens with zero attached hydrogens (tertiary/aromatic N) is 2. The first-order valence-corrected chi connectivity index (χ1v) is 7.25. The Morgan fingerprint density at radius 2 is 1.84 bits per heavy atom. The molecule has 0 bridgehead atoms. The predicted molar refractivity (Wildman–Crippen MR) is 92.6 cm³/mol. The molecule has 2 aromatic carbocycles. The van der Waals surface area contributed by atoms with Gasteiger partial charge in [-0.25, -0.2) is 0 Å². The fraction of sp³-hybridized carbons (Fsp3) is 0.0556. The van der Waals surface area contributed by atoms with E-state index in [0.717, 1.165) is 0 Å². The van der Waals surface area contributed by atoms with Gasteiger partial charge in [0.1, 0.15) is 6.07 Å². The third kappa shape index (κ3) is 3.02. The topological polar surface area (TPSA) is 66.8 Å². The minimum absolute atomic E-state index is 0.117. The van der Waals surface area contributed by atoms with Crippen LogP contribution in [0.1, 0.15) is 5.56 Å². The van der Waals surface area contributed by atoms with Gasteiger partial charge in [-0.2, -0.15) is 18.4 Å². The van der Waals surface area contributed by atoms with Crippen molar-refractivity contribution < 1.29 is 13.2 Å². The highest BCUT2D eigenvalue weighted by Gasteiger charge is 2.27. The number of alkyl halides is 3. The molecule has 0 aliphatic heterocycles. The number of halogens is 3. The van der Waals surface area contributed by atoms with Crippen molar-refractivity contribution in [3.63, 3.8) is 0 Å². The molecule has 25 heavy (non-hydrogen) atoms. The number of fused-ring (bicyclic) bond motifs is 1. The van der Waals surface area contributed by atoms with E-state index in [1.807, 2.05) is 0 Å². The Balaban J connectivity index is 2.28. The second-order valence-electron chi connectivity index (χ2n) is 5.36. The molecule has 3 rings (SSSR count). The van der Waals surface area contributed by atoms with E-state index >= 15 is 0 Å². The molecular weight excluding hydrogens is 329 g/mol. The molecule has 0 amide bonds. The van der Waals surface area contributed by atoms with Crippen LogP contribution in [-0.2, 0) is 0 Å². The molecule has 1 aromatic heterocycles. The summed E-state index contributed by atoms with van der Waals surface area (Å²) in [6.45, 7) is 3.72. The molecule has 126 valence electrons. The van der Waals surface area contributed by atoms with E-state index in [0.29, 0.717) is 33.4 Å². The van der Waals surface area contributed by atoms with E-state index in [2.05, 4.69) is 12.6 Å². The Morgan fingerprint density at radius 3 is 2.40 bits per heavy atom. The molecule has 0 aliphatic rings. The van der Waals surface area contributed by atoms with Crippen LogP contribution >= 0.6 is 0 Å². The third-order valence-electron chi connectivity index (χ3n) is 3.77. The number of nitrogens with one attached hydrogen (secondary N) is 1. The smallest absolute Gasteiger partial charge is 0.399 e. The summed E-state index contributed by atoms with van der Waals surface area (Å²) in [6, 6.07) is 13.1. The lowest BCUT2D eigenvalue weighted by molar-refractivity contribution is -0.0999. The summed E-state index contributed by atoms with van der Waals surface area (Å²) in [4.78, 5) is 0. The number of nitrogens with two attached hydrogens (primary N) is 1. The van der Waals surface area contributed by atoms with Gasteiger partial charge in [0.05, 0.1) is 16.8 Å². The van der Waals surface area contributed by atoms with Crippen LogP contribution in [0.5, 0.6) is 0 Å². The van der Waals surface area contributed by atoms with Gasteiger partial charge in [0.15, 0.2) is 0 Å². The van der Waals surface area contributed by atoms with E-state index < -0.39 is 6.30 Å². The monoisotopic (exact) mass is 342 g/mol. The predicted octanol–water partition coefficient (Wildman–Crippen LogP) is 4.79. The first-order valence-electron chi connectivity index (χ1n) is 7.25. The summed E-state index contributed by atoms with van der Waals surface area (Å²) in [5.74, 6) is 0. The first-order chi connectivity index (χ1) is 11.8. The minimum Gasteiger partial charge on any atom is -0.399 e. The number of rotatable bonds is 3. The zero-order valence-corrected chi connectivity index (χ0v) is 12.9. The maximum absolute atomic E-state index is 12.6. The highest BCUT2D eigenvalue weighted by molar-refractivity contribution is 5.97. The summed E-state index contributed by atoms with van der Waals surface area (Å²) >= 11 is 0. The van der Waals surface area contributed by atoms with Crippen molar-refractivity contribution in [3.05, 3.63) is 54.6 Å². The van der Waals surface area contributed by atoms with E-state index in [9.17, 15) is 18.4 Å². The molecule has 0 saturated carbocycles. The van der Waals surface area contributed by atoms with Crippen LogP contribution in [0.4, 0.5) is 24.5 Å². The number of nitrogen functional groups attached to an aromatic ring is 1. The van der Waals surface area contributed by atoms with Crippen LogP contribution in [-0.4, -0.2) is 10.9 Å². The van der Waals surface area contributed by atoms with Crippen molar-refractivity contribution in [1.82, 2.24) is 4.57 Å². The second kappa shape index (κ2) is 5.91. The highest BCUT2D eigenvalue weighted by atomic mass is 19.4. The standard InChI is InChI=1S/C18H13F3N4/c1-2-25-16-9-13(24-18(19,20)21)7-8-14(16)15(10-22)17(25)11-3-5-12(23)6-4-11/h2-9,24H,1,23H2. The highest BCUT2D eigenvalue weighted by Crippen LogP contribution is 2.36. The molecule has 0 aliphatic carbocycles. The molecule has 0 spiro atoms. The van der Waals surface area contributed by atoms with E-state index in [1.165, 1.54) is 29.7 Å². The summed E-state index contributed by atoms with van der Waals surface area (Å²) in [6.07, 6.45) is -3.08. The summed E-state index contributed by atoms with van der Waals surface area (Å²) < 4.78 is 39.3. The lowest BCUT2D eigenvalue weighted by atomic mass is 10.1. The van der Waals surface area contributed by atoms with Gasteiger partial charge < -0.3 is 10.3 Å². The Labute approximate surface area is 141 Å². The fourth-order valence-corrected chi connectivity index (χ4v) is 2.78. The number of benzene rings is 2. The van der Waals surface area contributed by atoms with Gasteiger partial charge in [0, 0.05) is 28.5 Å². The Morgan fingerprint density at radius 1 is 1.16 bits per heavy atom. The molecule has 0 radical (unpaired) electrons. The van der Waals surface area contributed by atoms with Crippen molar-refractivity contribution in [2.75, 3.05) is 11.1 Å². The number of hydrogen-bond donors (Lipinski definition) is 2. The van der Waals surface area contributed by atoms with Crippen LogP contribution in [0.3, 0.4) is 0 Å². The van der Waals surface area contributed by atoms with Gasteiger partial charge in [-0.15, -0.1) is 0 Å². The van der Waals surface area contributed by atoms with E-state index in [-0.39, 0.29) is 5.69 Å². The van der Waals surface area contributed by atoms with E-state index in [1.54, 1.807) is 28.8 Å². The van der Waals surface area contributed by atoms with E-state index in [4.69, 9.17) is 5.73 Å². The van der Waals surface area contributed by atoms with Crippen molar-refractivity contribution in [2.45, 2.75) is 6.30 Å². The maximum atomic E-state index is 12.6. The Kier molecular flexibility index (Phi) is 3.89. The summed E-state index contributed by atoms with van der Waals surface area (Å²) in [5, 5.41) is 11.6. The molecule has 0 saturated heterocycles. The average Bonchev–Trinajstić information content (AvgIpc) is 2.86. The van der Waals surface area contributed by atoms with Gasteiger partial charge in [-0.3, -0.25) is 5.32 Å². The van der Waals surface area contributed by atoms with Crippen LogP contribution in [0.2, 0.25) is 0 Å². The fourth-order valence-electron chi connectivity index (χ4n) is 2.78. The van der Waals surface area contributed by atoms with Crippen LogP contribution in [0.15, 0.2) is 49.0 Å². The SMILES string of the molecule is C=Cn1c(-c2ccc(N)cc2)c(C#N)c2ccc(NC(F)(F)F)cc21. The molecule has 3 N–H and O–H groups in total. The second-order valence-corrected chi connectivity index (χ2v) is 5.36. The Hall–Kier alpha value is -3.40. The van der Waals surface area contributed by atoms with Crippen LogP contribution in [0.25, 0.3) is 28.4 Å². The normalized spacial score (nSPS) is 11.3. The molecular formula is C18H13F3N4. The zero-order chi connectivity index (χ0) is 18.2. The first kappa shape index (κ1) is 16.5. The molecule has 0 fully saturated rings. The van der Waals surface area contributed by atoms with Crippen LogP contribution in [0, 0.1) is 11.3 Å². The van der Waals surface area contributed by atoms with Crippen molar-refractivity contribution >= 4 is 28.5 Å². The molecule has 0 atom stereocenters. The number of aromatic nitrogens is 1. The lowest BCUT2D eigenvalue weighted by Crippen LogP contribution is -2.20. The quantitative estimate of drug-likeness (QED) is 0.531. The van der Waals surface area contributed by atoms with Gasteiger partial charge >= 0.3 is 6.30 Å².